The molecular weight excluding hydrogens is 351 g/mol. The molecule has 1 fully saturated rings. The number of carbonyl (C=O) groups excluding carboxylic acids is 1. The SMILES string of the molecule is Cc1ccc(NC(=O)c2cnc(OC3CCOC3)c(Cl)c2)cc1Cl. The molecule has 2 aromatic rings. The molecule has 7 heteroatoms. The van der Waals surface area contributed by atoms with Crippen LogP contribution in [0.15, 0.2) is 30.5 Å². The topological polar surface area (TPSA) is 60.5 Å². The molecule has 1 aliphatic heterocycles. The smallest absolute Gasteiger partial charge is 0.257 e. The van der Waals surface area contributed by atoms with E-state index in [2.05, 4.69) is 10.3 Å². The van der Waals surface area contributed by atoms with Crippen molar-refractivity contribution in [2.45, 2.75) is 19.4 Å². The van der Waals surface area contributed by atoms with Crippen molar-refractivity contribution >= 4 is 34.8 Å². The number of rotatable bonds is 4. The van der Waals surface area contributed by atoms with Gasteiger partial charge < -0.3 is 14.8 Å². The van der Waals surface area contributed by atoms with Gasteiger partial charge in [-0.2, -0.15) is 0 Å². The van der Waals surface area contributed by atoms with Gasteiger partial charge in [-0.05, 0) is 30.7 Å². The fourth-order valence-electron chi connectivity index (χ4n) is 2.27. The molecule has 1 amide bonds. The van der Waals surface area contributed by atoms with Crippen molar-refractivity contribution in [2.75, 3.05) is 18.5 Å². The molecule has 0 aliphatic carbocycles. The second-order valence-electron chi connectivity index (χ2n) is 5.53. The maximum atomic E-state index is 12.3. The van der Waals surface area contributed by atoms with Crippen molar-refractivity contribution in [3.8, 4) is 5.88 Å². The standard InChI is InChI=1S/C17H16Cl2N2O3/c1-10-2-3-12(7-14(10)18)21-16(22)11-6-15(19)17(20-8-11)24-13-4-5-23-9-13/h2-3,6-8,13H,4-5,9H2,1H3,(H,21,22). The molecule has 0 saturated carbocycles. The van der Waals surface area contributed by atoms with E-state index in [4.69, 9.17) is 32.7 Å². The Morgan fingerprint density at radius 2 is 2.17 bits per heavy atom. The largest absolute Gasteiger partial charge is 0.471 e. The molecular formula is C17H16Cl2N2O3. The van der Waals surface area contributed by atoms with E-state index in [-0.39, 0.29) is 17.0 Å². The average Bonchev–Trinajstić information content (AvgIpc) is 3.06. The number of halogens is 2. The molecule has 0 radical (unpaired) electrons. The van der Waals surface area contributed by atoms with Gasteiger partial charge in [0, 0.05) is 23.3 Å². The van der Waals surface area contributed by atoms with Gasteiger partial charge in [0.25, 0.3) is 5.91 Å². The quantitative estimate of drug-likeness (QED) is 0.883. The number of anilines is 1. The summed E-state index contributed by atoms with van der Waals surface area (Å²) in [6.45, 7) is 3.09. The molecule has 1 aliphatic rings. The molecule has 1 aromatic heterocycles. The van der Waals surface area contributed by atoms with Gasteiger partial charge in [0.05, 0.1) is 18.8 Å². The zero-order chi connectivity index (χ0) is 17.1. The number of aryl methyl sites for hydroxylation is 1. The Morgan fingerprint density at radius 1 is 1.33 bits per heavy atom. The van der Waals surface area contributed by atoms with Crippen LogP contribution in [0.4, 0.5) is 5.69 Å². The number of amides is 1. The number of hydrogen-bond donors (Lipinski definition) is 1. The summed E-state index contributed by atoms with van der Waals surface area (Å²) >= 11 is 12.2. The molecule has 1 saturated heterocycles. The lowest BCUT2D eigenvalue weighted by Gasteiger charge is -2.13. The number of nitrogens with zero attached hydrogens (tertiary/aromatic N) is 1. The number of ether oxygens (including phenoxy) is 2. The molecule has 24 heavy (non-hydrogen) atoms. The van der Waals surface area contributed by atoms with Gasteiger partial charge in [-0.1, -0.05) is 29.3 Å². The molecule has 1 atom stereocenters. The molecule has 1 aromatic carbocycles. The predicted octanol–water partition coefficient (Wildman–Crippen LogP) is 4.12. The van der Waals surface area contributed by atoms with Crippen LogP contribution in [-0.4, -0.2) is 30.2 Å². The number of pyridine rings is 1. The van der Waals surface area contributed by atoms with Crippen LogP contribution < -0.4 is 10.1 Å². The van der Waals surface area contributed by atoms with Crippen molar-refractivity contribution in [1.82, 2.24) is 4.98 Å². The van der Waals surface area contributed by atoms with Crippen LogP contribution in [0.3, 0.4) is 0 Å². The lowest BCUT2D eigenvalue weighted by molar-refractivity contribution is 0.102. The second-order valence-corrected chi connectivity index (χ2v) is 6.35. The first-order valence-corrected chi connectivity index (χ1v) is 8.26. The minimum absolute atomic E-state index is 0.0515. The summed E-state index contributed by atoms with van der Waals surface area (Å²) in [5, 5.41) is 3.64. The van der Waals surface area contributed by atoms with Crippen molar-refractivity contribution in [3.05, 3.63) is 51.6 Å². The van der Waals surface area contributed by atoms with Crippen LogP contribution in [-0.2, 0) is 4.74 Å². The van der Waals surface area contributed by atoms with Crippen LogP contribution in [0, 0.1) is 6.92 Å². The molecule has 0 bridgehead atoms. The van der Waals surface area contributed by atoms with Crippen LogP contribution in [0.25, 0.3) is 0 Å². The van der Waals surface area contributed by atoms with Gasteiger partial charge in [-0.3, -0.25) is 4.79 Å². The van der Waals surface area contributed by atoms with Gasteiger partial charge in [-0.25, -0.2) is 4.98 Å². The first-order chi connectivity index (χ1) is 11.5. The fraction of sp³-hybridized carbons (Fsp3) is 0.294. The Kier molecular flexibility index (Phi) is 5.23. The highest BCUT2D eigenvalue weighted by Crippen LogP contribution is 2.26. The van der Waals surface area contributed by atoms with Crippen molar-refractivity contribution in [1.29, 1.82) is 0 Å². The van der Waals surface area contributed by atoms with Gasteiger partial charge in [0.2, 0.25) is 5.88 Å². The predicted molar refractivity (Wildman–Crippen MR) is 93.2 cm³/mol. The van der Waals surface area contributed by atoms with Crippen LogP contribution in [0.1, 0.15) is 22.3 Å². The van der Waals surface area contributed by atoms with Gasteiger partial charge in [0.1, 0.15) is 11.1 Å². The van der Waals surface area contributed by atoms with Crippen molar-refractivity contribution < 1.29 is 14.3 Å². The molecule has 126 valence electrons. The lowest BCUT2D eigenvalue weighted by Crippen LogP contribution is -2.17. The molecule has 5 nitrogen and oxygen atoms in total. The summed E-state index contributed by atoms with van der Waals surface area (Å²) in [6.07, 6.45) is 2.18. The fourth-order valence-corrected chi connectivity index (χ4v) is 2.67. The summed E-state index contributed by atoms with van der Waals surface area (Å²) in [4.78, 5) is 16.4. The molecule has 2 heterocycles. The highest BCUT2D eigenvalue weighted by Gasteiger charge is 2.20. The third-order valence-corrected chi connectivity index (χ3v) is 4.34. The number of nitrogens with one attached hydrogen (secondary N) is 1. The van der Waals surface area contributed by atoms with Gasteiger partial charge in [0.15, 0.2) is 0 Å². The Hall–Kier alpha value is -1.82. The number of carbonyl (C=O) groups is 1. The monoisotopic (exact) mass is 366 g/mol. The van der Waals surface area contributed by atoms with E-state index in [1.54, 1.807) is 12.1 Å². The lowest BCUT2D eigenvalue weighted by atomic mass is 10.2. The van der Waals surface area contributed by atoms with E-state index in [0.29, 0.717) is 35.4 Å². The summed E-state index contributed by atoms with van der Waals surface area (Å²) in [5.74, 6) is -0.0119. The van der Waals surface area contributed by atoms with Gasteiger partial charge >= 0.3 is 0 Å². The van der Waals surface area contributed by atoms with E-state index in [1.807, 2.05) is 13.0 Å². The Bertz CT molecular complexity index is 761. The van der Waals surface area contributed by atoms with Crippen molar-refractivity contribution in [2.24, 2.45) is 0 Å². The summed E-state index contributed by atoms with van der Waals surface area (Å²) in [7, 11) is 0. The Labute approximate surface area is 149 Å². The molecule has 1 N–H and O–H groups in total. The Morgan fingerprint density at radius 3 is 2.83 bits per heavy atom. The minimum Gasteiger partial charge on any atom is -0.471 e. The highest BCUT2D eigenvalue weighted by molar-refractivity contribution is 6.32. The summed E-state index contributed by atoms with van der Waals surface area (Å²) in [6, 6.07) is 6.85. The van der Waals surface area contributed by atoms with E-state index in [0.717, 1.165) is 12.0 Å². The molecule has 3 rings (SSSR count). The number of hydrogen-bond acceptors (Lipinski definition) is 4. The highest BCUT2D eigenvalue weighted by atomic mass is 35.5. The average molecular weight is 367 g/mol. The summed E-state index contributed by atoms with van der Waals surface area (Å²) < 4.78 is 10.9. The van der Waals surface area contributed by atoms with Gasteiger partial charge in [-0.15, -0.1) is 0 Å². The summed E-state index contributed by atoms with van der Waals surface area (Å²) in [5.41, 5.74) is 1.89. The van der Waals surface area contributed by atoms with Crippen LogP contribution in [0.5, 0.6) is 5.88 Å². The van der Waals surface area contributed by atoms with E-state index in [9.17, 15) is 4.79 Å². The van der Waals surface area contributed by atoms with Crippen LogP contribution >= 0.6 is 23.2 Å². The second kappa shape index (κ2) is 7.38. The molecule has 0 spiro atoms. The molecule has 1 unspecified atom stereocenters. The number of benzene rings is 1. The van der Waals surface area contributed by atoms with E-state index >= 15 is 0 Å². The third kappa shape index (κ3) is 3.98. The zero-order valence-corrected chi connectivity index (χ0v) is 14.5. The Balaban J connectivity index is 1.70. The maximum absolute atomic E-state index is 12.3. The maximum Gasteiger partial charge on any atom is 0.257 e. The zero-order valence-electron chi connectivity index (χ0n) is 13.0. The first kappa shape index (κ1) is 17.0. The van der Waals surface area contributed by atoms with E-state index in [1.165, 1.54) is 12.3 Å². The normalized spacial score (nSPS) is 16.9. The number of aromatic nitrogens is 1. The minimum atomic E-state index is -0.319. The first-order valence-electron chi connectivity index (χ1n) is 7.50. The van der Waals surface area contributed by atoms with Crippen LogP contribution in [0.2, 0.25) is 10.0 Å². The van der Waals surface area contributed by atoms with E-state index < -0.39 is 0 Å². The third-order valence-electron chi connectivity index (χ3n) is 3.67. The van der Waals surface area contributed by atoms with Crippen molar-refractivity contribution in [3.63, 3.8) is 0 Å².